The van der Waals surface area contributed by atoms with Crippen LogP contribution in [0.4, 0.5) is 0 Å². The SMILES string of the molecule is CCCc1n[nH]c(=S)n1NCc1ccc(Oc2nnnn2-c2ccccc2)c(OCC)c1. The molecule has 2 aromatic carbocycles. The molecule has 0 fully saturated rings. The van der Waals surface area contributed by atoms with E-state index in [9.17, 15) is 0 Å². The average Bonchev–Trinajstić information content (AvgIpc) is 3.41. The fourth-order valence-electron chi connectivity index (χ4n) is 3.14. The van der Waals surface area contributed by atoms with Crippen LogP contribution in [0.1, 0.15) is 31.7 Å². The highest BCUT2D eigenvalue weighted by atomic mass is 32.1. The van der Waals surface area contributed by atoms with E-state index in [1.807, 2.05) is 55.5 Å². The van der Waals surface area contributed by atoms with Crippen LogP contribution in [0, 0.1) is 4.77 Å². The van der Waals surface area contributed by atoms with Gasteiger partial charge in [-0.05, 0) is 65.8 Å². The Balaban J connectivity index is 1.54. The number of aryl methyl sites for hydroxylation is 1. The molecule has 10 nitrogen and oxygen atoms in total. The highest BCUT2D eigenvalue weighted by Gasteiger charge is 2.15. The van der Waals surface area contributed by atoms with Crippen LogP contribution in [0.15, 0.2) is 48.5 Å². The molecule has 0 saturated carbocycles. The lowest BCUT2D eigenvalue weighted by atomic mass is 10.2. The molecule has 0 unspecified atom stereocenters. The normalized spacial score (nSPS) is 10.8. The van der Waals surface area contributed by atoms with E-state index in [1.54, 1.807) is 4.68 Å². The number of nitrogens with zero attached hydrogens (tertiary/aromatic N) is 6. The lowest BCUT2D eigenvalue weighted by Crippen LogP contribution is -2.17. The summed E-state index contributed by atoms with van der Waals surface area (Å²) in [5.74, 6) is 1.99. The maximum absolute atomic E-state index is 6.01. The van der Waals surface area contributed by atoms with Gasteiger partial charge in [-0.3, -0.25) is 5.10 Å². The van der Waals surface area contributed by atoms with Gasteiger partial charge < -0.3 is 14.9 Å². The van der Waals surface area contributed by atoms with Gasteiger partial charge in [0.05, 0.1) is 18.8 Å². The zero-order chi connectivity index (χ0) is 22.3. The van der Waals surface area contributed by atoms with Crippen molar-refractivity contribution in [2.75, 3.05) is 12.0 Å². The fourth-order valence-corrected chi connectivity index (χ4v) is 3.36. The van der Waals surface area contributed by atoms with Gasteiger partial charge in [-0.1, -0.05) is 36.3 Å². The number of rotatable bonds is 10. The highest BCUT2D eigenvalue weighted by Crippen LogP contribution is 2.32. The van der Waals surface area contributed by atoms with Crippen LogP contribution in [0.3, 0.4) is 0 Å². The summed E-state index contributed by atoms with van der Waals surface area (Å²) in [6.07, 6.45) is 1.80. The first-order valence-corrected chi connectivity index (χ1v) is 10.8. The molecular weight excluding hydrogens is 428 g/mol. The molecule has 2 N–H and O–H groups in total. The molecule has 0 atom stereocenters. The Morgan fingerprint density at radius 3 is 2.72 bits per heavy atom. The summed E-state index contributed by atoms with van der Waals surface area (Å²) in [5, 5.41) is 18.9. The largest absolute Gasteiger partial charge is 0.490 e. The minimum atomic E-state index is 0.247. The number of benzene rings is 2. The number of ether oxygens (including phenoxy) is 2. The molecule has 0 aliphatic carbocycles. The Bertz CT molecular complexity index is 1220. The zero-order valence-corrected chi connectivity index (χ0v) is 18.7. The number of hydrogen-bond donors (Lipinski definition) is 2. The third-order valence-corrected chi connectivity index (χ3v) is 4.88. The number of nitrogens with one attached hydrogen (secondary N) is 2. The topological polar surface area (TPSA) is 108 Å². The quantitative estimate of drug-likeness (QED) is 0.350. The molecule has 0 amide bonds. The first-order chi connectivity index (χ1) is 15.7. The van der Waals surface area contributed by atoms with Crippen molar-refractivity contribution >= 4 is 12.2 Å². The van der Waals surface area contributed by atoms with Crippen LogP contribution in [-0.2, 0) is 13.0 Å². The van der Waals surface area contributed by atoms with Crippen LogP contribution in [0.2, 0.25) is 0 Å². The number of hydrogen-bond acceptors (Lipinski definition) is 8. The van der Waals surface area contributed by atoms with Crippen molar-refractivity contribution in [1.29, 1.82) is 0 Å². The molecule has 0 saturated heterocycles. The summed E-state index contributed by atoms with van der Waals surface area (Å²) in [6, 6.07) is 15.5. The summed E-state index contributed by atoms with van der Waals surface area (Å²) in [4.78, 5) is 0. The Morgan fingerprint density at radius 2 is 1.94 bits per heavy atom. The number of para-hydroxylation sites is 1. The molecule has 2 aromatic heterocycles. The first kappa shape index (κ1) is 21.5. The summed E-state index contributed by atoms with van der Waals surface area (Å²) >= 11 is 5.32. The minimum Gasteiger partial charge on any atom is -0.490 e. The van der Waals surface area contributed by atoms with Crippen molar-refractivity contribution in [3.63, 3.8) is 0 Å². The summed E-state index contributed by atoms with van der Waals surface area (Å²) in [6.45, 7) is 5.05. The van der Waals surface area contributed by atoms with Crippen LogP contribution in [0.5, 0.6) is 17.5 Å². The van der Waals surface area contributed by atoms with Gasteiger partial charge in [-0.25, -0.2) is 4.68 Å². The molecule has 0 aliphatic rings. The van der Waals surface area contributed by atoms with E-state index >= 15 is 0 Å². The van der Waals surface area contributed by atoms with E-state index in [2.05, 4.69) is 38.1 Å². The van der Waals surface area contributed by atoms with Gasteiger partial charge in [0.15, 0.2) is 17.3 Å². The second-order valence-corrected chi connectivity index (χ2v) is 7.28. The summed E-state index contributed by atoms with van der Waals surface area (Å²) in [7, 11) is 0. The van der Waals surface area contributed by atoms with E-state index in [-0.39, 0.29) is 6.01 Å². The maximum Gasteiger partial charge on any atom is 0.346 e. The van der Waals surface area contributed by atoms with Crippen molar-refractivity contribution in [1.82, 2.24) is 35.1 Å². The maximum atomic E-state index is 6.01. The van der Waals surface area contributed by atoms with Gasteiger partial charge in [0.25, 0.3) is 0 Å². The number of H-pyrrole nitrogens is 1. The van der Waals surface area contributed by atoms with Crippen LogP contribution in [-0.4, -0.2) is 41.7 Å². The van der Waals surface area contributed by atoms with E-state index in [0.29, 0.717) is 29.4 Å². The molecular formula is C21H24N8O2S. The van der Waals surface area contributed by atoms with Crippen molar-refractivity contribution in [3.05, 3.63) is 64.7 Å². The van der Waals surface area contributed by atoms with Crippen LogP contribution < -0.4 is 14.9 Å². The Labute approximate surface area is 190 Å². The van der Waals surface area contributed by atoms with E-state index < -0.39 is 0 Å². The van der Waals surface area contributed by atoms with Crippen molar-refractivity contribution in [2.45, 2.75) is 33.2 Å². The molecule has 11 heteroatoms. The van der Waals surface area contributed by atoms with E-state index in [1.165, 1.54) is 4.68 Å². The monoisotopic (exact) mass is 452 g/mol. The van der Waals surface area contributed by atoms with Crippen molar-refractivity contribution in [2.24, 2.45) is 0 Å². The van der Waals surface area contributed by atoms with Gasteiger partial charge in [0.2, 0.25) is 4.77 Å². The third-order valence-electron chi connectivity index (χ3n) is 4.61. The Hall–Kier alpha value is -3.73. The molecule has 4 aromatic rings. The van der Waals surface area contributed by atoms with Gasteiger partial charge in [-0.2, -0.15) is 9.78 Å². The van der Waals surface area contributed by atoms with Crippen molar-refractivity contribution in [3.8, 4) is 23.2 Å². The fraction of sp³-hybridized carbons (Fsp3) is 0.286. The van der Waals surface area contributed by atoms with E-state index in [4.69, 9.17) is 21.7 Å². The smallest absolute Gasteiger partial charge is 0.346 e. The predicted molar refractivity (Wildman–Crippen MR) is 121 cm³/mol. The molecule has 0 bridgehead atoms. The first-order valence-electron chi connectivity index (χ1n) is 10.4. The second-order valence-electron chi connectivity index (χ2n) is 6.89. The van der Waals surface area contributed by atoms with Gasteiger partial charge in [0, 0.05) is 6.42 Å². The number of tetrazole rings is 1. The standard InChI is InChI=1S/C21H24N8O2S/c1-3-8-19-23-25-21(32)29(19)22-14-15-11-12-17(18(13-15)30-4-2)31-20-24-26-27-28(20)16-9-6-5-7-10-16/h5-7,9-13,22H,3-4,8,14H2,1-2H3,(H,25,32). The number of aromatic nitrogens is 7. The summed E-state index contributed by atoms with van der Waals surface area (Å²) in [5.41, 5.74) is 5.11. The lowest BCUT2D eigenvalue weighted by molar-refractivity contribution is 0.315. The Kier molecular flexibility index (Phi) is 6.75. The molecule has 4 rings (SSSR count). The lowest BCUT2D eigenvalue weighted by Gasteiger charge is -2.14. The van der Waals surface area contributed by atoms with Crippen LogP contribution in [0.25, 0.3) is 5.69 Å². The highest BCUT2D eigenvalue weighted by molar-refractivity contribution is 7.71. The molecule has 32 heavy (non-hydrogen) atoms. The molecule has 2 heterocycles. The average molecular weight is 453 g/mol. The minimum absolute atomic E-state index is 0.247. The molecule has 0 aliphatic heterocycles. The van der Waals surface area contributed by atoms with E-state index in [0.717, 1.165) is 29.9 Å². The zero-order valence-electron chi connectivity index (χ0n) is 17.9. The van der Waals surface area contributed by atoms with Crippen molar-refractivity contribution < 1.29 is 9.47 Å². The predicted octanol–water partition coefficient (Wildman–Crippen LogP) is 3.80. The Morgan fingerprint density at radius 1 is 1.09 bits per heavy atom. The molecule has 166 valence electrons. The second kappa shape index (κ2) is 10.1. The number of aromatic amines is 1. The van der Waals surface area contributed by atoms with Gasteiger partial charge in [0.1, 0.15) is 0 Å². The molecule has 0 spiro atoms. The van der Waals surface area contributed by atoms with Gasteiger partial charge >= 0.3 is 6.01 Å². The third kappa shape index (κ3) is 4.78. The summed E-state index contributed by atoms with van der Waals surface area (Å²) < 4.78 is 15.7. The van der Waals surface area contributed by atoms with Gasteiger partial charge in [-0.15, -0.1) is 0 Å². The molecule has 0 radical (unpaired) electrons. The van der Waals surface area contributed by atoms with Crippen LogP contribution >= 0.6 is 12.2 Å².